The van der Waals surface area contributed by atoms with Crippen LogP contribution in [-0.2, 0) is 13.1 Å². The lowest BCUT2D eigenvalue weighted by atomic mass is 9.99. The van der Waals surface area contributed by atoms with Crippen LogP contribution in [0.25, 0.3) is 0 Å². The summed E-state index contributed by atoms with van der Waals surface area (Å²) in [5.41, 5.74) is 0. The minimum Gasteiger partial charge on any atom is -0.310 e. The Labute approximate surface area is 111 Å². The molecule has 1 unspecified atom stereocenters. The molecule has 0 aliphatic rings. The molecule has 0 saturated heterocycles. The Balaban J connectivity index is 2.46. The van der Waals surface area contributed by atoms with Crippen molar-refractivity contribution in [3.05, 3.63) is 12.2 Å². The number of hydrogen-bond donors (Lipinski definition) is 1. The van der Waals surface area contributed by atoms with E-state index in [9.17, 15) is 0 Å². The highest BCUT2D eigenvalue weighted by Crippen LogP contribution is 2.15. The van der Waals surface area contributed by atoms with Gasteiger partial charge in [0.25, 0.3) is 0 Å². The van der Waals surface area contributed by atoms with Gasteiger partial charge in [-0.1, -0.05) is 40.0 Å². The van der Waals surface area contributed by atoms with E-state index in [0.29, 0.717) is 0 Å². The fourth-order valence-corrected chi connectivity index (χ4v) is 2.12. The van der Waals surface area contributed by atoms with Gasteiger partial charge in [-0.3, -0.25) is 0 Å². The number of nitrogens with zero attached hydrogens (tertiary/aromatic N) is 3. The zero-order valence-corrected chi connectivity index (χ0v) is 12.2. The van der Waals surface area contributed by atoms with E-state index in [1.54, 1.807) is 6.33 Å². The second-order valence-electron chi connectivity index (χ2n) is 4.95. The fraction of sp³-hybridized carbons (Fsp3) is 0.857. The average Bonchev–Trinajstić information content (AvgIpc) is 2.82. The summed E-state index contributed by atoms with van der Waals surface area (Å²) in [6.07, 6.45) is 7.95. The van der Waals surface area contributed by atoms with Crippen molar-refractivity contribution in [3.8, 4) is 0 Å². The summed E-state index contributed by atoms with van der Waals surface area (Å²) < 4.78 is 2.08. The van der Waals surface area contributed by atoms with Crippen LogP contribution in [0.1, 0.15) is 58.7 Å². The maximum atomic E-state index is 4.36. The summed E-state index contributed by atoms with van der Waals surface area (Å²) in [5.74, 6) is 1.80. The normalized spacial score (nSPS) is 12.8. The lowest BCUT2D eigenvalue weighted by Gasteiger charge is -2.15. The van der Waals surface area contributed by atoms with Crippen molar-refractivity contribution in [1.29, 1.82) is 0 Å². The van der Waals surface area contributed by atoms with Gasteiger partial charge in [0.05, 0.1) is 6.54 Å². The monoisotopic (exact) mass is 252 g/mol. The van der Waals surface area contributed by atoms with E-state index in [4.69, 9.17) is 0 Å². The molecule has 1 atom stereocenters. The Morgan fingerprint density at radius 2 is 2.11 bits per heavy atom. The first kappa shape index (κ1) is 15.2. The van der Waals surface area contributed by atoms with Gasteiger partial charge in [0.2, 0.25) is 0 Å². The number of nitrogens with one attached hydrogen (secondary N) is 1. The molecule has 0 aliphatic carbocycles. The van der Waals surface area contributed by atoms with E-state index in [1.807, 2.05) is 0 Å². The van der Waals surface area contributed by atoms with Gasteiger partial charge < -0.3 is 5.32 Å². The van der Waals surface area contributed by atoms with Gasteiger partial charge in [-0.2, -0.15) is 5.10 Å². The largest absolute Gasteiger partial charge is 0.310 e. The summed E-state index contributed by atoms with van der Waals surface area (Å²) in [6, 6.07) is 0. The molecule has 18 heavy (non-hydrogen) atoms. The maximum Gasteiger partial charge on any atom is 0.140 e. The first-order valence-electron chi connectivity index (χ1n) is 7.39. The topological polar surface area (TPSA) is 42.7 Å². The second-order valence-corrected chi connectivity index (χ2v) is 4.95. The molecule has 4 heteroatoms. The number of hydrogen-bond acceptors (Lipinski definition) is 3. The molecule has 4 nitrogen and oxygen atoms in total. The van der Waals surface area contributed by atoms with Crippen LogP contribution in [0.15, 0.2) is 6.33 Å². The SMILES string of the molecule is CCCCC(CC)Cn1ncnc1CNCCC. The third-order valence-electron chi connectivity index (χ3n) is 3.38. The van der Waals surface area contributed by atoms with Crippen LogP contribution in [0.2, 0.25) is 0 Å². The molecule has 104 valence electrons. The Morgan fingerprint density at radius 1 is 1.28 bits per heavy atom. The minimum atomic E-state index is 0.733. The minimum absolute atomic E-state index is 0.733. The molecule has 0 radical (unpaired) electrons. The van der Waals surface area contributed by atoms with E-state index in [1.165, 1.54) is 25.7 Å². The van der Waals surface area contributed by atoms with E-state index in [2.05, 4.69) is 40.9 Å². The summed E-state index contributed by atoms with van der Waals surface area (Å²) in [5, 5.41) is 7.75. The second kappa shape index (κ2) is 9.09. The first-order chi connectivity index (χ1) is 8.81. The molecule has 1 rings (SSSR count). The predicted octanol–water partition coefficient (Wildman–Crippen LogP) is 2.99. The summed E-state index contributed by atoms with van der Waals surface area (Å²) >= 11 is 0. The molecule has 0 saturated carbocycles. The fourth-order valence-electron chi connectivity index (χ4n) is 2.12. The molecule has 0 aliphatic heterocycles. The molecule has 1 aromatic rings. The predicted molar refractivity (Wildman–Crippen MR) is 75.3 cm³/mol. The Hall–Kier alpha value is -0.900. The zero-order valence-electron chi connectivity index (χ0n) is 12.2. The van der Waals surface area contributed by atoms with Gasteiger partial charge in [-0.15, -0.1) is 0 Å². The van der Waals surface area contributed by atoms with Gasteiger partial charge in [0.1, 0.15) is 12.2 Å². The van der Waals surface area contributed by atoms with Crippen molar-refractivity contribution in [2.45, 2.75) is 66.0 Å². The van der Waals surface area contributed by atoms with Gasteiger partial charge in [0.15, 0.2) is 0 Å². The van der Waals surface area contributed by atoms with E-state index in [0.717, 1.165) is 37.8 Å². The third kappa shape index (κ3) is 5.17. The lowest BCUT2D eigenvalue weighted by molar-refractivity contribution is 0.362. The standard InChI is InChI=1S/C14H28N4/c1-4-7-8-13(6-3)11-18-14(16-12-17-18)10-15-9-5-2/h12-13,15H,4-11H2,1-3H3. The molecule has 0 fully saturated rings. The zero-order chi connectivity index (χ0) is 13.2. The Kier molecular flexibility index (Phi) is 7.65. The van der Waals surface area contributed by atoms with E-state index >= 15 is 0 Å². The van der Waals surface area contributed by atoms with Crippen LogP contribution in [0.4, 0.5) is 0 Å². The summed E-state index contributed by atoms with van der Waals surface area (Å²) in [6.45, 7) is 9.59. The molecule has 0 aromatic carbocycles. The molecule has 0 bridgehead atoms. The number of unbranched alkanes of at least 4 members (excludes halogenated alkanes) is 1. The van der Waals surface area contributed by atoms with Gasteiger partial charge in [0, 0.05) is 6.54 Å². The molecular weight excluding hydrogens is 224 g/mol. The van der Waals surface area contributed by atoms with Crippen LogP contribution in [-0.4, -0.2) is 21.3 Å². The van der Waals surface area contributed by atoms with Crippen molar-refractivity contribution >= 4 is 0 Å². The Morgan fingerprint density at radius 3 is 2.78 bits per heavy atom. The highest BCUT2D eigenvalue weighted by Gasteiger charge is 2.10. The van der Waals surface area contributed by atoms with Crippen molar-refractivity contribution in [1.82, 2.24) is 20.1 Å². The van der Waals surface area contributed by atoms with Crippen molar-refractivity contribution in [2.75, 3.05) is 6.54 Å². The average molecular weight is 252 g/mol. The summed E-state index contributed by atoms with van der Waals surface area (Å²) in [4.78, 5) is 4.34. The molecule has 1 N–H and O–H groups in total. The van der Waals surface area contributed by atoms with Crippen LogP contribution < -0.4 is 5.32 Å². The first-order valence-corrected chi connectivity index (χ1v) is 7.39. The van der Waals surface area contributed by atoms with Crippen molar-refractivity contribution in [2.24, 2.45) is 5.92 Å². The van der Waals surface area contributed by atoms with Crippen LogP contribution in [0.5, 0.6) is 0 Å². The highest BCUT2D eigenvalue weighted by atomic mass is 15.3. The van der Waals surface area contributed by atoms with Gasteiger partial charge in [-0.05, 0) is 25.3 Å². The third-order valence-corrected chi connectivity index (χ3v) is 3.38. The lowest BCUT2D eigenvalue weighted by Crippen LogP contribution is -2.20. The molecule has 0 amide bonds. The molecule has 0 spiro atoms. The summed E-state index contributed by atoms with van der Waals surface area (Å²) in [7, 11) is 0. The molecule has 1 heterocycles. The molecule has 1 aromatic heterocycles. The number of rotatable bonds is 10. The van der Waals surface area contributed by atoms with Crippen molar-refractivity contribution < 1.29 is 0 Å². The van der Waals surface area contributed by atoms with Crippen LogP contribution >= 0.6 is 0 Å². The highest BCUT2D eigenvalue weighted by molar-refractivity contribution is 4.84. The number of aromatic nitrogens is 3. The smallest absolute Gasteiger partial charge is 0.140 e. The van der Waals surface area contributed by atoms with E-state index < -0.39 is 0 Å². The van der Waals surface area contributed by atoms with Crippen molar-refractivity contribution in [3.63, 3.8) is 0 Å². The quantitative estimate of drug-likeness (QED) is 0.651. The van der Waals surface area contributed by atoms with Crippen LogP contribution in [0, 0.1) is 5.92 Å². The van der Waals surface area contributed by atoms with Gasteiger partial charge in [-0.25, -0.2) is 9.67 Å². The Bertz CT molecular complexity index is 308. The van der Waals surface area contributed by atoms with Gasteiger partial charge >= 0.3 is 0 Å². The van der Waals surface area contributed by atoms with Crippen LogP contribution in [0.3, 0.4) is 0 Å². The van der Waals surface area contributed by atoms with E-state index in [-0.39, 0.29) is 0 Å². The molecular formula is C14H28N4. The maximum absolute atomic E-state index is 4.36.